The largest absolute Gasteiger partial charge is 0.494 e. The molecule has 8 heteroatoms. The number of thiophene rings is 1. The lowest BCUT2D eigenvalue weighted by Crippen LogP contribution is -2.42. The molecule has 268 valence electrons. The molecule has 7 nitrogen and oxygen atoms in total. The van der Waals surface area contributed by atoms with Gasteiger partial charge in [0.25, 0.3) is 5.91 Å². The first kappa shape index (κ1) is 38.8. The predicted molar refractivity (Wildman–Crippen MR) is 205 cm³/mol. The Hall–Kier alpha value is -4.04. The summed E-state index contributed by atoms with van der Waals surface area (Å²) in [6.07, 6.45) is 19.8. The van der Waals surface area contributed by atoms with Crippen LogP contribution in [-0.2, 0) is 16.6 Å². The maximum atomic E-state index is 12.8. The van der Waals surface area contributed by atoms with Crippen molar-refractivity contribution >= 4 is 23.2 Å². The molecule has 4 rings (SSSR count). The van der Waals surface area contributed by atoms with Crippen LogP contribution in [0.5, 0.6) is 5.75 Å². The van der Waals surface area contributed by atoms with Gasteiger partial charge in [0.15, 0.2) is 5.82 Å². The molecule has 0 bridgehead atoms. The van der Waals surface area contributed by atoms with Crippen LogP contribution in [0.25, 0.3) is 22.5 Å². The number of carboxylic acids is 1. The van der Waals surface area contributed by atoms with E-state index in [-0.39, 0.29) is 17.7 Å². The zero-order chi connectivity index (χ0) is 35.8. The molecule has 0 radical (unpaired) electrons. The topological polar surface area (TPSA) is 101 Å². The molecule has 0 aliphatic heterocycles. The van der Waals surface area contributed by atoms with Crippen LogP contribution >= 0.6 is 11.3 Å². The third kappa shape index (κ3) is 12.7. The summed E-state index contributed by atoms with van der Waals surface area (Å²) in [5.74, 6) is 0.00608. The SMILES string of the molecule is CCCCCCCCCCCCCCOc1ccc(-c2cnc(-c3ccc(C[C@H](NC(=O)c4ccc(C(C)(C)C)s4)C(=O)O)cc3)nc2)cc1. The molecule has 4 aromatic rings. The zero-order valence-electron chi connectivity index (χ0n) is 30.4. The van der Waals surface area contributed by atoms with E-state index in [1.54, 1.807) is 6.07 Å². The summed E-state index contributed by atoms with van der Waals surface area (Å²) in [4.78, 5) is 35.6. The monoisotopic (exact) mass is 697 g/mol. The van der Waals surface area contributed by atoms with Gasteiger partial charge in [0.1, 0.15) is 11.8 Å². The molecule has 0 saturated heterocycles. The van der Waals surface area contributed by atoms with Gasteiger partial charge in [0.2, 0.25) is 0 Å². The molecule has 1 amide bonds. The Kier molecular flexibility index (Phi) is 15.5. The van der Waals surface area contributed by atoms with E-state index in [2.05, 4.69) is 43.0 Å². The average molecular weight is 698 g/mol. The van der Waals surface area contributed by atoms with E-state index in [0.717, 1.165) is 45.9 Å². The Morgan fingerprint density at radius 3 is 1.84 bits per heavy atom. The number of aromatic nitrogens is 2. The number of nitrogens with zero attached hydrogens (tertiary/aromatic N) is 2. The number of carbonyl (C=O) groups is 2. The van der Waals surface area contributed by atoms with Gasteiger partial charge in [-0.05, 0) is 47.2 Å². The van der Waals surface area contributed by atoms with Crippen LogP contribution in [0.3, 0.4) is 0 Å². The van der Waals surface area contributed by atoms with Crippen LogP contribution < -0.4 is 10.1 Å². The fourth-order valence-corrected chi connectivity index (χ4v) is 6.79. The highest BCUT2D eigenvalue weighted by atomic mass is 32.1. The lowest BCUT2D eigenvalue weighted by molar-refractivity contribution is -0.139. The molecule has 2 aromatic heterocycles. The highest BCUT2D eigenvalue weighted by Gasteiger charge is 2.24. The van der Waals surface area contributed by atoms with Crippen molar-refractivity contribution in [3.8, 4) is 28.3 Å². The second-order valence-corrected chi connectivity index (χ2v) is 15.3. The van der Waals surface area contributed by atoms with Crippen LogP contribution in [0.15, 0.2) is 73.1 Å². The number of unbranched alkanes of at least 4 members (excludes halogenated alkanes) is 11. The summed E-state index contributed by atoms with van der Waals surface area (Å²) < 4.78 is 5.98. The number of nitrogens with one attached hydrogen (secondary N) is 1. The second kappa shape index (κ2) is 20.0. The smallest absolute Gasteiger partial charge is 0.326 e. The molecule has 0 spiro atoms. The van der Waals surface area contributed by atoms with Crippen molar-refractivity contribution in [1.29, 1.82) is 0 Å². The molecule has 0 unspecified atom stereocenters. The fraction of sp³-hybridized carbons (Fsp3) is 0.476. The number of amides is 1. The molecule has 0 aliphatic rings. The number of benzene rings is 2. The van der Waals surface area contributed by atoms with Crippen LogP contribution in [0, 0.1) is 0 Å². The van der Waals surface area contributed by atoms with Crippen LogP contribution in [0.1, 0.15) is 125 Å². The highest BCUT2D eigenvalue weighted by molar-refractivity contribution is 7.14. The summed E-state index contributed by atoms with van der Waals surface area (Å²) in [6, 6.07) is 18.2. The van der Waals surface area contributed by atoms with Crippen molar-refractivity contribution in [2.75, 3.05) is 6.61 Å². The van der Waals surface area contributed by atoms with Gasteiger partial charge < -0.3 is 15.2 Å². The molecule has 0 fully saturated rings. The fourth-order valence-electron chi connectivity index (χ4n) is 5.82. The van der Waals surface area contributed by atoms with Gasteiger partial charge in [-0.15, -0.1) is 11.3 Å². The molecule has 2 heterocycles. The van der Waals surface area contributed by atoms with Crippen LogP contribution in [0.4, 0.5) is 0 Å². The van der Waals surface area contributed by atoms with Gasteiger partial charge in [0.05, 0.1) is 11.5 Å². The molecular formula is C42H55N3O4S. The Bertz CT molecular complexity index is 1590. The third-order valence-corrected chi connectivity index (χ3v) is 10.4. The standard InChI is InChI=1S/C42H55N3O4S/c1-5-6-7-8-9-10-11-12-13-14-15-16-27-49-35-23-21-32(22-24-35)34-29-43-39(44-30-34)33-19-17-31(18-20-33)28-36(41(47)48)45-40(46)37-25-26-38(50-37)42(2,3)4/h17-26,29-30,36H,5-16,27-28H2,1-4H3,(H,45,46)(H,47,48)/t36-/m0/s1. The first-order chi connectivity index (χ1) is 24.1. The first-order valence-corrected chi connectivity index (χ1v) is 19.2. The molecule has 50 heavy (non-hydrogen) atoms. The Morgan fingerprint density at radius 1 is 0.740 bits per heavy atom. The van der Waals surface area contributed by atoms with E-state index in [9.17, 15) is 14.7 Å². The number of ether oxygens (including phenoxy) is 1. The molecule has 2 N–H and O–H groups in total. The Balaban J connectivity index is 1.18. The molecule has 0 saturated carbocycles. The highest BCUT2D eigenvalue weighted by Crippen LogP contribution is 2.29. The number of aliphatic carboxylic acids is 1. The van der Waals surface area contributed by atoms with Crippen molar-refractivity contribution in [3.05, 3.63) is 88.4 Å². The number of hydrogen-bond acceptors (Lipinski definition) is 6. The molecule has 1 atom stereocenters. The third-order valence-electron chi connectivity index (χ3n) is 8.93. The normalized spacial score (nSPS) is 12.1. The van der Waals surface area contributed by atoms with E-state index < -0.39 is 12.0 Å². The van der Waals surface area contributed by atoms with Crippen molar-refractivity contribution in [1.82, 2.24) is 15.3 Å². The summed E-state index contributed by atoms with van der Waals surface area (Å²) >= 11 is 1.39. The Labute approximate surface area is 302 Å². The Morgan fingerprint density at radius 2 is 1.30 bits per heavy atom. The maximum Gasteiger partial charge on any atom is 0.326 e. The van der Waals surface area contributed by atoms with Crippen molar-refractivity contribution < 1.29 is 19.4 Å². The lowest BCUT2D eigenvalue weighted by Gasteiger charge is -2.16. The van der Waals surface area contributed by atoms with Gasteiger partial charge in [-0.1, -0.05) is 135 Å². The zero-order valence-corrected chi connectivity index (χ0v) is 31.2. The van der Waals surface area contributed by atoms with Gasteiger partial charge in [-0.25, -0.2) is 14.8 Å². The maximum absolute atomic E-state index is 12.8. The minimum absolute atomic E-state index is 0.0760. The predicted octanol–water partition coefficient (Wildman–Crippen LogP) is 10.7. The molecule has 0 aliphatic carbocycles. The number of hydrogen-bond donors (Lipinski definition) is 2. The van der Waals surface area contributed by atoms with Gasteiger partial charge >= 0.3 is 5.97 Å². The molecule has 2 aromatic carbocycles. The van der Waals surface area contributed by atoms with Crippen LogP contribution in [0.2, 0.25) is 0 Å². The summed E-state index contributed by atoms with van der Waals surface area (Å²) in [5, 5.41) is 12.5. The van der Waals surface area contributed by atoms with Crippen molar-refractivity contribution in [2.24, 2.45) is 0 Å². The van der Waals surface area contributed by atoms with E-state index >= 15 is 0 Å². The van der Waals surface area contributed by atoms with Crippen molar-refractivity contribution in [2.45, 2.75) is 123 Å². The van der Waals surface area contributed by atoms with Crippen molar-refractivity contribution in [3.63, 3.8) is 0 Å². The number of rotatable bonds is 21. The average Bonchev–Trinajstić information content (AvgIpc) is 3.63. The number of carbonyl (C=O) groups excluding carboxylic acids is 1. The number of carboxylic acid groups (broad SMARTS) is 1. The minimum atomic E-state index is -1.08. The summed E-state index contributed by atoms with van der Waals surface area (Å²) in [5.41, 5.74) is 3.47. The first-order valence-electron chi connectivity index (χ1n) is 18.4. The van der Waals surface area contributed by atoms with Crippen LogP contribution in [-0.4, -0.2) is 39.6 Å². The van der Waals surface area contributed by atoms with E-state index in [4.69, 9.17) is 4.74 Å². The quantitative estimate of drug-likeness (QED) is 0.0841. The summed E-state index contributed by atoms with van der Waals surface area (Å²) in [7, 11) is 0. The van der Waals surface area contributed by atoms with E-state index in [1.807, 2.05) is 67.0 Å². The molecular weight excluding hydrogens is 643 g/mol. The van der Waals surface area contributed by atoms with E-state index in [1.165, 1.54) is 82.0 Å². The lowest BCUT2D eigenvalue weighted by atomic mass is 9.95. The summed E-state index contributed by atoms with van der Waals surface area (Å²) in [6.45, 7) is 9.26. The minimum Gasteiger partial charge on any atom is -0.494 e. The van der Waals surface area contributed by atoms with Gasteiger partial charge in [-0.3, -0.25) is 4.79 Å². The van der Waals surface area contributed by atoms with Gasteiger partial charge in [0, 0.05) is 34.8 Å². The van der Waals surface area contributed by atoms with Gasteiger partial charge in [-0.2, -0.15) is 0 Å². The second-order valence-electron chi connectivity index (χ2n) is 14.2. The van der Waals surface area contributed by atoms with E-state index in [0.29, 0.717) is 10.7 Å².